The minimum Gasteiger partial charge on any atom is -0.475 e. The summed E-state index contributed by atoms with van der Waals surface area (Å²) in [6, 6.07) is 14.7. The number of rotatable bonds is 5. The van der Waals surface area contributed by atoms with Gasteiger partial charge in [0, 0.05) is 12.0 Å². The first-order valence-electron chi connectivity index (χ1n) is 7.97. The topological polar surface area (TPSA) is 91.8 Å². The molecule has 0 bridgehead atoms. The molecule has 1 atom stereocenters. The first-order chi connectivity index (χ1) is 12.4. The van der Waals surface area contributed by atoms with Crippen LogP contribution in [0.25, 0.3) is 6.08 Å². The number of aliphatic carboxylic acids is 1. The number of nitrogens with zero attached hydrogens (tertiary/aromatic N) is 1. The van der Waals surface area contributed by atoms with Crippen LogP contribution < -0.4 is 0 Å². The first-order valence-corrected chi connectivity index (χ1v) is 9.48. The summed E-state index contributed by atoms with van der Waals surface area (Å²) in [7, 11) is -3.98. The van der Waals surface area contributed by atoms with Gasteiger partial charge in [-0.25, -0.2) is 13.2 Å². The minimum atomic E-state index is -3.98. The summed E-state index contributed by atoms with van der Waals surface area (Å²) in [6.45, 7) is -0.0404. The fourth-order valence-electron chi connectivity index (χ4n) is 2.94. The number of carbonyl (C=O) groups is 2. The zero-order chi connectivity index (χ0) is 18.7. The second kappa shape index (κ2) is 7.23. The van der Waals surface area contributed by atoms with E-state index < -0.39 is 27.8 Å². The van der Waals surface area contributed by atoms with Crippen molar-refractivity contribution in [2.75, 3.05) is 0 Å². The van der Waals surface area contributed by atoms with Crippen molar-refractivity contribution in [2.45, 2.75) is 19.0 Å². The summed E-state index contributed by atoms with van der Waals surface area (Å²) in [5.74, 6) is -2.77. The highest BCUT2D eigenvalue weighted by atomic mass is 32.2. The zero-order valence-electron chi connectivity index (χ0n) is 13.8. The van der Waals surface area contributed by atoms with E-state index in [1.54, 1.807) is 48.5 Å². The van der Waals surface area contributed by atoms with Crippen molar-refractivity contribution in [3.05, 3.63) is 76.7 Å². The number of Topliss-reactive ketones (excluding diaryl/α,β-unsaturated/α-hetero) is 1. The molecule has 0 aromatic heterocycles. The number of carboxylic acid groups (broad SMARTS) is 1. The average Bonchev–Trinajstić information content (AvgIpc) is 2.65. The normalized spacial score (nSPS) is 17.8. The van der Waals surface area contributed by atoms with Crippen LogP contribution in [0.3, 0.4) is 0 Å². The van der Waals surface area contributed by atoms with E-state index in [0.717, 1.165) is 20.8 Å². The Morgan fingerprint density at radius 3 is 2.27 bits per heavy atom. The molecule has 134 valence electrons. The monoisotopic (exact) mass is 371 g/mol. The van der Waals surface area contributed by atoms with Crippen molar-refractivity contribution >= 4 is 27.9 Å². The van der Waals surface area contributed by atoms with Gasteiger partial charge in [-0.1, -0.05) is 54.6 Å². The van der Waals surface area contributed by atoms with Gasteiger partial charge >= 0.3 is 5.97 Å². The van der Waals surface area contributed by atoms with Crippen LogP contribution in [0.15, 0.2) is 60.0 Å². The Labute approximate surface area is 151 Å². The van der Waals surface area contributed by atoms with E-state index in [1.165, 1.54) is 6.08 Å². The minimum absolute atomic E-state index is 0.0404. The Morgan fingerprint density at radius 1 is 1.00 bits per heavy atom. The maximum Gasteiger partial charge on any atom is 0.373 e. The van der Waals surface area contributed by atoms with Crippen molar-refractivity contribution in [1.82, 2.24) is 4.31 Å². The SMILES string of the molecule is O=C(O)C(=O)[C@H]1Cc2ccccc2CN1S(=O)(=O)/C=C/c1ccccc1. The highest BCUT2D eigenvalue weighted by Crippen LogP contribution is 2.27. The van der Waals surface area contributed by atoms with Crippen LogP contribution in [0, 0.1) is 0 Å². The van der Waals surface area contributed by atoms with Gasteiger partial charge < -0.3 is 5.11 Å². The van der Waals surface area contributed by atoms with Gasteiger partial charge in [0.25, 0.3) is 5.78 Å². The molecule has 0 spiro atoms. The Hall–Kier alpha value is -2.77. The lowest BCUT2D eigenvalue weighted by atomic mass is 9.94. The molecule has 1 N–H and O–H groups in total. The van der Waals surface area contributed by atoms with E-state index >= 15 is 0 Å². The Morgan fingerprint density at radius 2 is 1.62 bits per heavy atom. The smallest absolute Gasteiger partial charge is 0.373 e. The van der Waals surface area contributed by atoms with E-state index in [-0.39, 0.29) is 13.0 Å². The van der Waals surface area contributed by atoms with E-state index in [1.807, 2.05) is 6.07 Å². The number of ketones is 1. The van der Waals surface area contributed by atoms with Gasteiger partial charge in [0.1, 0.15) is 0 Å². The van der Waals surface area contributed by atoms with Crippen molar-refractivity contribution in [1.29, 1.82) is 0 Å². The Kier molecular flexibility index (Phi) is 5.01. The first kappa shape index (κ1) is 18.0. The fraction of sp³-hybridized carbons (Fsp3) is 0.158. The lowest BCUT2D eigenvalue weighted by Crippen LogP contribution is -2.50. The summed E-state index contributed by atoms with van der Waals surface area (Å²) in [5.41, 5.74) is 2.24. The molecule has 2 aromatic rings. The second-order valence-corrected chi connectivity index (χ2v) is 7.73. The van der Waals surface area contributed by atoms with Crippen LogP contribution >= 0.6 is 0 Å². The summed E-state index contributed by atoms with van der Waals surface area (Å²) < 4.78 is 26.6. The molecule has 0 saturated heterocycles. The lowest BCUT2D eigenvalue weighted by Gasteiger charge is -2.33. The average molecular weight is 371 g/mol. The Balaban J connectivity index is 1.97. The van der Waals surface area contributed by atoms with Gasteiger partial charge in [0.05, 0.1) is 6.04 Å². The van der Waals surface area contributed by atoms with E-state index in [2.05, 4.69) is 0 Å². The van der Waals surface area contributed by atoms with Gasteiger partial charge in [-0.3, -0.25) is 4.79 Å². The number of carboxylic acids is 1. The maximum absolute atomic E-state index is 12.8. The summed E-state index contributed by atoms with van der Waals surface area (Å²) in [5, 5.41) is 10.1. The third-order valence-electron chi connectivity index (χ3n) is 4.28. The molecule has 0 fully saturated rings. The zero-order valence-corrected chi connectivity index (χ0v) is 14.6. The van der Waals surface area contributed by atoms with E-state index in [4.69, 9.17) is 5.11 Å². The maximum atomic E-state index is 12.8. The molecule has 6 nitrogen and oxygen atoms in total. The summed E-state index contributed by atoms with van der Waals surface area (Å²) in [4.78, 5) is 23.3. The molecule has 2 aromatic carbocycles. The number of carbonyl (C=O) groups excluding carboxylic acids is 1. The van der Waals surface area contributed by atoms with Crippen molar-refractivity contribution in [2.24, 2.45) is 0 Å². The van der Waals surface area contributed by atoms with Crippen molar-refractivity contribution in [3.63, 3.8) is 0 Å². The third kappa shape index (κ3) is 3.74. The molecular formula is C19H17NO5S. The molecule has 0 saturated carbocycles. The van der Waals surface area contributed by atoms with Crippen LogP contribution in [-0.2, 0) is 32.6 Å². The van der Waals surface area contributed by atoms with Crippen molar-refractivity contribution < 1.29 is 23.1 Å². The van der Waals surface area contributed by atoms with Gasteiger partial charge in [0.15, 0.2) is 0 Å². The molecule has 3 rings (SSSR count). The number of benzene rings is 2. The van der Waals surface area contributed by atoms with Crippen LogP contribution in [-0.4, -0.2) is 35.6 Å². The lowest BCUT2D eigenvalue weighted by molar-refractivity contribution is -0.151. The van der Waals surface area contributed by atoms with Gasteiger partial charge in [-0.2, -0.15) is 4.31 Å². The molecule has 1 heterocycles. The molecule has 0 amide bonds. The number of sulfonamides is 1. The largest absolute Gasteiger partial charge is 0.475 e. The molecule has 7 heteroatoms. The van der Waals surface area contributed by atoms with Gasteiger partial charge in [0.2, 0.25) is 10.0 Å². The number of hydrogen-bond acceptors (Lipinski definition) is 4. The molecule has 0 aliphatic carbocycles. The summed E-state index contributed by atoms with van der Waals surface area (Å²) >= 11 is 0. The highest BCUT2D eigenvalue weighted by Gasteiger charge is 2.40. The van der Waals surface area contributed by atoms with Crippen LogP contribution in [0.2, 0.25) is 0 Å². The number of hydrogen-bond donors (Lipinski definition) is 1. The van der Waals surface area contributed by atoms with Crippen LogP contribution in [0.1, 0.15) is 16.7 Å². The fourth-order valence-corrected chi connectivity index (χ4v) is 4.27. The van der Waals surface area contributed by atoms with Crippen molar-refractivity contribution in [3.8, 4) is 0 Å². The number of fused-ring (bicyclic) bond motifs is 1. The standard InChI is InChI=1S/C19H17NO5S/c21-18(19(22)23)17-12-15-8-4-5-9-16(15)13-20(17)26(24,25)11-10-14-6-2-1-3-7-14/h1-11,17H,12-13H2,(H,22,23)/b11-10+/t17-/m1/s1. The summed E-state index contributed by atoms with van der Waals surface area (Å²) in [6.07, 6.45) is 1.47. The quantitative estimate of drug-likeness (QED) is 0.813. The molecule has 1 aliphatic heterocycles. The van der Waals surface area contributed by atoms with E-state index in [0.29, 0.717) is 5.56 Å². The van der Waals surface area contributed by atoms with Crippen LogP contribution in [0.5, 0.6) is 0 Å². The highest BCUT2D eigenvalue weighted by molar-refractivity contribution is 7.92. The molecular weight excluding hydrogens is 354 g/mol. The predicted molar refractivity (Wildman–Crippen MR) is 96.5 cm³/mol. The Bertz CT molecular complexity index is 966. The second-order valence-electron chi connectivity index (χ2n) is 5.96. The third-order valence-corrected chi connectivity index (χ3v) is 5.80. The molecule has 26 heavy (non-hydrogen) atoms. The van der Waals surface area contributed by atoms with E-state index in [9.17, 15) is 18.0 Å². The van der Waals surface area contributed by atoms with Crippen LogP contribution in [0.4, 0.5) is 0 Å². The predicted octanol–water partition coefficient (Wildman–Crippen LogP) is 2.07. The molecule has 0 unspecified atom stereocenters. The molecule has 0 radical (unpaired) electrons. The van der Waals surface area contributed by atoms with Gasteiger partial charge in [-0.05, 0) is 29.2 Å². The van der Waals surface area contributed by atoms with Gasteiger partial charge in [-0.15, -0.1) is 0 Å². The molecule has 1 aliphatic rings.